The summed E-state index contributed by atoms with van der Waals surface area (Å²) in [5.41, 5.74) is 3.36. The van der Waals surface area contributed by atoms with Crippen molar-refractivity contribution in [3.63, 3.8) is 0 Å². The van der Waals surface area contributed by atoms with Gasteiger partial charge < -0.3 is 15.5 Å². The largest absolute Gasteiger partial charge is 0.373 e. The van der Waals surface area contributed by atoms with Crippen molar-refractivity contribution in [3.8, 4) is 0 Å². The average Bonchev–Trinajstić information content (AvgIpc) is 2.90. The lowest BCUT2D eigenvalue weighted by atomic mass is 10.1. The van der Waals surface area contributed by atoms with Crippen molar-refractivity contribution in [3.05, 3.63) is 59.1 Å². The number of likely N-dealkylation sites (N-methyl/N-ethyl adjacent to an activating group) is 1. The van der Waals surface area contributed by atoms with Crippen LogP contribution in [-0.2, 0) is 6.54 Å². The van der Waals surface area contributed by atoms with E-state index in [4.69, 9.17) is 11.6 Å². The molecule has 0 saturated carbocycles. The van der Waals surface area contributed by atoms with Crippen molar-refractivity contribution in [1.29, 1.82) is 0 Å². The number of carbonyl (C=O) groups excluding carboxylic acids is 1. The molecule has 1 saturated heterocycles. The first kappa shape index (κ1) is 17.2. The van der Waals surface area contributed by atoms with E-state index in [0.29, 0.717) is 16.8 Å². The van der Waals surface area contributed by atoms with Gasteiger partial charge in [0.15, 0.2) is 0 Å². The second-order valence-corrected chi connectivity index (χ2v) is 7.57. The van der Waals surface area contributed by atoms with Crippen LogP contribution in [0.3, 0.4) is 0 Å². The highest BCUT2D eigenvalue weighted by Crippen LogP contribution is 2.30. The van der Waals surface area contributed by atoms with Crippen molar-refractivity contribution in [2.24, 2.45) is 0 Å². The van der Waals surface area contributed by atoms with Crippen LogP contribution >= 0.6 is 11.6 Å². The van der Waals surface area contributed by atoms with Crippen LogP contribution in [0, 0.1) is 0 Å². The van der Waals surface area contributed by atoms with Gasteiger partial charge in [0.2, 0.25) is 0 Å². The quantitative estimate of drug-likeness (QED) is 0.849. The van der Waals surface area contributed by atoms with E-state index in [1.807, 2.05) is 12.1 Å². The number of anilines is 2. The fourth-order valence-electron chi connectivity index (χ4n) is 4.04. The Morgan fingerprint density at radius 2 is 2.00 bits per heavy atom. The predicted octanol–water partition coefficient (Wildman–Crippen LogP) is 3.55. The number of nitrogens with one attached hydrogen (secondary N) is 2. The van der Waals surface area contributed by atoms with E-state index in [1.54, 1.807) is 12.1 Å². The highest BCUT2D eigenvalue weighted by molar-refractivity contribution is 6.30. The zero-order chi connectivity index (χ0) is 18.1. The summed E-state index contributed by atoms with van der Waals surface area (Å²) in [4.78, 5) is 17.1. The first-order chi connectivity index (χ1) is 12.6. The average molecular weight is 371 g/mol. The minimum absolute atomic E-state index is 0.151. The first-order valence-corrected chi connectivity index (χ1v) is 9.32. The normalized spacial score (nSPS) is 22.3. The van der Waals surface area contributed by atoms with Crippen LogP contribution in [0.4, 0.5) is 16.2 Å². The number of nitrogens with zero attached hydrogens (tertiary/aromatic N) is 2. The number of benzene rings is 2. The summed E-state index contributed by atoms with van der Waals surface area (Å²) in [6.07, 6.45) is 0.960. The van der Waals surface area contributed by atoms with E-state index in [2.05, 4.69) is 51.7 Å². The minimum Gasteiger partial charge on any atom is -0.373 e. The summed E-state index contributed by atoms with van der Waals surface area (Å²) in [6.45, 7) is 2.78. The van der Waals surface area contributed by atoms with E-state index in [1.165, 1.54) is 11.3 Å². The predicted molar refractivity (Wildman–Crippen MR) is 106 cm³/mol. The van der Waals surface area contributed by atoms with Gasteiger partial charge in [-0.3, -0.25) is 4.90 Å². The number of hydrogen-bond acceptors (Lipinski definition) is 3. The molecule has 5 nitrogen and oxygen atoms in total. The third kappa shape index (κ3) is 3.64. The number of para-hydroxylation sites is 1. The molecule has 136 valence electrons. The molecule has 2 aromatic rings. The Morgan fingerprint density at radius 1 is 1.15 bits per heavy atom. The highest BCUT2D eigenvalue weighted by atomic mass is 35.5. The molecule has 0 bridgehead atoms. The Hall–Kier alpha value is -2.24. The highest BCUT2D eigenvalue weighted by Gasteiger charge is 2.35. The number of hydrogen-bond donors (Lipinski definition) is 2. The molecule has 0 radical (unpaired) electrons. The fraction of sp³-hybridized carbons (Fsp3) is 0.350. The van der Waals surface area contributed by atoms with Gasteiger partial charge in [0.05, 0.1) is 0 Å². The second-order valence-electron chi connectivity index (χ2n) is 7.13. The molecule has 26 heavy (non-hydrogen) atoms. The molecule has 1 fully saturated rings. The molecule has 2 amide bonds. The zero-order valence-electron chi connectivity index (χ0n) is 14.8. The van der Waals surface area contributed by atoms with Crippen LogP contribution in [0.1, 0.15) is 12.0 Å². The molecule has 0 aromatic heterocycles. The summed E-state index contributed by atoms with van der Waals surface area (Å²) in [6, 6.07) is 16.2. The van der Waals surface area contributed by atoms with Crippen molar-refractivity contribution < 1.29 is 4.79 Å². The van der Waals surface area contributed by atoms with Crippen molar-refractivity contribution in [1.82, 2.24) is 10.2 Å². The van der Waals surface area contributed by atoms with E-state index >= 15 is 0 Å². The van der Waals surface area contributed by atoms with E-state index in [-0.39, 0.29) is 12.1 Å². The molecule has 0 aliphatic carbocycles. The summed E-state index contributed by atoms with van der Waals surface area (Å²) in [5.74, 6) is 0. The van der Waals surface area contributed by atoms with Crippen LogP contribution in [0.15, 0.2) is 48.5 Å². The summed E-state index contributed by atoms with van der Waals surface area (Å²) in [5, 5.41) is 6.58. The third-order valence-electron chi connectivity index (χ3n) is 5.21. The SMILES string of the molecule is CN1C[C@@H]2C[C@H](NC(=O)Nc3cccc(Cl)c3)CN2Cc2ccccc21. The van der Waals surface area contributed by atoms with E-state index < -0.39 is 0 Å². The van der Waals surface area contributed by atoms with Gasteiger partial charge in [-0.15, -0.1) is 0 Å². The van der Waals surface area contributed by atoms with Gasteiger partial charge in [0, 0.05) is 55.2 Å². The number of carbonyl (C=O) groups is 1. The molecule has 0 unspecified atom stereocenters. The Morgan fingerprint density at radius 3 is 2.85 bits per heavy atom. The van der Waals surface area contributed by atoms with Gasteiger partial charge in [-0.05, 0) is 36.2 Å². The van der Waals surface area contributed by atoms with Gasteiger partial charge in [-0.25, -0.2) is 4.79 Å². The Labute approximate surface area is 158 Å². The lowest BCUT2D eigenvalue weighted by Crippen LogP contribution is -2.39. The van der Waals surface area contributed by atoms with Gasteiger partial charge in [0.25, 0.3) is 0 Å². The van der Waals surface area contributed by atoms with Crippen LogP contribution < -0.4 is 15.5 Å². The van der Waals surface area contributed by atoms with Gasteiger partial charge >= 0.3 is 6.03 Å². The van der Waals surface area contributed by atoms with E-state index in [9.17, 15) is 4.79 Å². The first-order valence-electron chi connectivity index (χ1n) is 8.94. The molecular formula is C20H23ClN4O. The molecule has 2 aliphatic rings. The van der Waals surface area contributed by atoms with E-state index in [0.717, 1.165) is 26.1 Å². The Kier molecular flexibility index (Phi) is 4.74. The number of rotatable bonds is 2. The van der Waals surface area contributed by atoms with Crippen LogP contribution in [0.2, 0.25) is 5.02 Å². The third-order valence-corrected chi connectivity index (χ3v) is 5.44. The molecule has 0 spiro atoms. The minimum atomic E-state index is -0.177. The number of halogens is 1. The fourth-order valence-corrected chi connectivity index (χ4v) is 4.23. The van der Waals surface area contributed by atoms with Crippen molar-refractivity contribution in [2.45, 2.75) is 25.0 Å². The molecule has 2 atom stereocenters. The van der Waals surface area contributed by atoms with Gasteiger partial charge in [-0.1, -0.05) is 35.9 Å². The molecule has 2 N–H and O–H groups in total. The topological polar surface area (TPSA) is 47.6 Å². The summed E-state index contributed by atoms with van der Waals surface area (Å²) >= 11 is 5.97. The molecular weight excluding hydrogens is 348 g/mol. The summed E-state index contributed by atoms with van der Waals surface area (Å²) in [7, 11) is 2.15. The number of amides is 2. The number of fused-ring (bicyclic) bond motifs is 2. The smallest absolute Gasteiger partial charge is 0.319 e. The second kappa shape index (κ2) is 7.17. The molecule has 4 rings (SSSR count). The van der Waals surface area contributed by atoms with Gasteiger partial charge in [-0.2, -0.15) is 0 Å². The van der Waals surface area contributed by atoms with Crippen molar-refractivity contribution in [2.75, 3.05) is 30.4 Å². The molecule has 2 heterocycles. The maximum Gasteiger partial charge on any atom is 0.319 e. The van der Waals surface area contributed by atoms with Crippen molar-refractivity contribution >= 4 is 29.0 Å². The maximum absolute atomic E-state index is 12.3. The number of urea groups is 1. The van der Waals surface area contributed by atoms with Crippen LogP contribution in [0.25, 0.3) is 0 Å². The summed E-state index contributed by atoms with van der Waals surface area (Å²) < 4.78 is 0. The molecule has 2 aromatic carbocycles. The zero-order valence-corrected chi connectivity index (χ0v) is 15.5. The Bertz CT molecular complexity index is 812. The van der Waals surface area contributed by atoms with Crippen LogP contribution in [-0.4, -0.2) is 43.2 Å². The molecule has 2 aliphatic heterocycles. The lowest BCUT2D eigenvalue weighted by molar-refractivity contribution is 0.243. The maximum atomic E-state index is 12.3. The Balaban J connectivity index is 1.39. The van der Waals surface area contributed by atoms with Crippen LogP contribution in [0.5, 0.6) is 0 Å². The standard InChI is InChI=1S/C20H23ClN4O/c1-24-13-18-10-17(12-25(18)11-14-5-2-3-8-19(14)24)23-20(26)22-16-7-4-6-15(21)9-16/h2-9,17-18H,10-13H2,1H3,(H2,22,23,26)/t17-,18-/m0/s1. The monoisotopic (exact) mass is 370 g/mol. The van der Waals surface area contributed by atoms with Gasteiger partial charge in [0.1, 0.15) is 0 Å². The molecule has 6 heteroatoms. The lowest BCUT2D eigenvalue weighted by Gasteiger charge is -2.24.